The smallest absolute Gasteiger partial charge is 0.263 e. The lowest BCUT2D eigenvalue weighted by Gasteiger charge is -2.07. The van der Waals surface area contributed by atoms with E-state index >= 15 is 0 Å². The predicted molar refractivity (Wildman–Crippen MR) is 82.5 cm³/mol. The fourth-order valence-electron chi connectivity index (χ4n) is 2.12. The van der Waals surface area contributed by atoms with E-state index in [4.69, 9.17) is 0 Å². The van der Waals surface area contributed by atoms with E-state index in [9.17, 15) is 9.90 Å². The van der Waals surface area contributed by atoms with E-state index in [1.807, 2.05) is 37.4 Å². The Hall–Kier alpha value is -2.47. The van der Waals surface area contributed by atoms with Crippen molar-refractivity contribution in [2.24, 2.45) is 0 Å². The first-order valence-electron chi connectivity index (χ1n) is 6.38. The molecule has 1 aromatic carbocycles. The van der Waals surface area contributed by atoms with Crippen molar-refractivity contribution >= 4 is 11.3 Å². The zero-order valence-corrected chi connectivity index (χ0v) is 12.4. The van der Waals surface area contributed by atoms with E-state index in [2.05, 4.69) is 15.0 Å². The van der Waals surface area contributed by atoms with Gasteiger partial charge in [0.1, 0.15) is 5.56 Å². The number of hydrogen-bond donors (Lipinski definition) is 2. The van der Waals surface area contributed by atoms with Crippen LogP contribution in [-0.2, 0) is 0 Å². The van der Waals surface area contributed by atoms with Gasteiger partial charge in [0.2, 0.25) is 5.88 Å². The topological polar surface area (TPSA) is 78.9 Å². The van der Waals surface area contributed by atoms with Crippen LogP contribution in [-0.4, -0.2) is 20.1 Å². The molecule has 2 N–H and O–H groups in total. The number of rotatable bonds is 2. The lowest BCUT2D eigenvalue weighted by atomic mass is 10.0. The number of aromatic hydroxyl groups is 1. The molecule has 6 heteroatoms. The predicted octanol–water partition coefficient (Wildman–Crippen LogP) is 2.88. The standard InChI is InChI=1S/C15H13N3O2S/c1-8-5-3-4-6-10(8)11-13(19)17-12(18-14(11)20)15-16-9(2)7-21-15/h3-7H,1-2H3,(H2,17,18,19,20). The number of H-pyrrole nitrogens is 1. The maximum Gasteiger partial charge on any atom is 0.263 e. The van der Waals surface area contributed by atoms with Crippen LogP contribution in [0.3, 0.4) is 0 Å². The van der Waals surface area contributed by atoms with Crippen molar-refractivity contribution in [3.63, 3.8) is 0 Å². The van der Waals surface area contributed by atoms with Crippen LogP contribution in [0.4, 0.5) is 0 Å². The molecule has 0 saturated heterocycles. The summed E-state index contributed by atoms with van der Waals surface area (Å²) < 4.78 is 0. The maximum absolute atomic E-state index is 12.3. The van der Waals surface area contributed by atoms with Crippen LogP contribution in [0.5, 0.6) is 5.88 Å². The average molecular weight is 299 g/mol. The summed E-state index contributed by atoms with van der Waals surface area (Å²) in [4.78, 5) is 23.3. The van der Waals surface area contributed by atoms with E-state index in [0.717, 1.165) is 11.3 Å². The lowest BCUT2D eigenvalue weighted by Crippen LogP contribution is -2.12. The molecule has 2 heterocycles. The van der Waals surface area contributed by atoms with Gasteiger partial charge in [-0.25, -0.2) is 4.98 Å². The zero-order chi connectivity index (χ0) is 15.0. The summed E-state index contributed by atoms with van der Waals surface area (Å²) in [6.45, 7) is 3.74. The Morgan fingerprint density at radius 2 is 1.95 bits per heavy atom. The normalized spacial score (nSPS) is 10.8. The lowest BCUT2D eigenvalue weighted by molar-refractivity contribution is 0.454. The summed E-state index contributed by atoms with van der Waals surface area (Å²) >= 11 is 1.37. The summed E-state index contributed by atoms with van der Waals surface area (Å²) in [5.74, 6) is 0.00355. The van der Waals surface area contributed by atoms with Crippen LogP contribution in [0.15, 0.2) is 34.4 Å². The van der Waals surface area contributed by atoms with Gasteiger partial charge in [0.25, 0.3) is 5.56 Å². The Labute approximate surface area is 125 Å². The summed E-state index contributed by atoms with van der Waals surface area (Å²) in [6, 6.07) is 7.37. The van der Waals surface area contributed by atoms with Gasteiger partial charge in [-0.3, -0.25) is 4.79 Å². The number of aromatic nitrogens is 3. The molecule has 0 radical (unpaired) electrons. The van der Waals surface area contributed by atoms with Crippen molar-refractivity contribution in [2.45, 2.75) is 13.8 Å². The molecule has 0 bridgehead atoms. The van der Waals surface area contributed by atoms with E-state index in [0.29, 0.717) is 10.6 Å². The molecule has 0 fully saturated rings. The first-order chi connectivity index (χ1) is 10.1. The third kappa shape index (κ3) is 2.45. The second-order valence-corrected chi connectivity index (χ2v) is 5.58. The Morgan fingerprint density at radius 3 is 2.57 bits per heavy atom. The minimum absolute atomic E-state index is 0.185. The van der Waals surface area contributed by atoms with Gasteiger partial charge in [-0.1, -0.05) is 24.3 Å². The second kappa shape index (κ2) is 5.14. The van der Waals surface area contributed by atoms with Gasteiger partial charge in [-0.05, 0) is 25.0 Å². The van der Waals surface area contributed by atoms with Crippen LogP contribution < -0.4 is 5.56 Å². The van der Waals surface area contributed by atoms with Gasteiger partial charge in [-0.2, -0.15) is 4.98 Å². The monoisotopic (exact) mass is 299 g/mol. The van der Waals surface area contributed by atoms with Crippen molar-refractivity contribution in [1.29, 1.82) is 0 Å². The van der Waals surface area contributed by atoms with Crippen LogP contribution in [0, 0.1) is 13.8 Å². The van der Waals surface area contributed by atoms with Gasteiger partial charge < -0.3 is 10.1 Å². The molecule has 0 aliphatic rings. The summed E-state index contributed by atoms with van der Waals surface area (Å²) in [6.07, 6.45) is 0. The highest BCUT2D eigenvalue weighted by atomic mass is 32.1. The fraction of sp³-hybridized carbons (Fsp3) is 0.133. The Kier molecular flexibility index (Phi) is 3.31. The van der Waals surface area contributed by atoms with Crippen LogP contribution in [0.1, 0.15) is 11.3 Å². The van der Waals surface area contributed by atoms with Gasteiger partial charge in [0.15, 0.2) is 10.8 Å². The van der Waals surface area contributed by atoms with E-state index < -0.39 is 0 Å². The average Bonchev–Trinajstić information content (AvgIpc) is 2.87. The number of benzene rings is 1. The molecule has 0 aliphatic heterocycles. The number of aromatic amines is 1. The number of nitrogens with zero attached hydrogens (tertiary/aromatic N) is 2. The van der Waals surface area contributed by atoms with E-state index in [1.165, 1.54) is 11.3 Å². The highest BCUT2D eigenvalue weighted by Crippen LogP contribution is 2.28. The Bertz CT molecular complexity index is 867. The van der Waals surface area contributed by atoms with E-state index in [-0.39, 0.29) is 22.8 Å². The summed E-state index contributed by atoms with van der Waals surface area (Å²) in [5.41, 5.74) is 2.23. The number of hydrogen-bond acceptors (Lipinski definition) is 5. The van der Waals surface area contributed by atoms with Gasteiger partial charge in [-0.15, -0.1) is 11.3 Å². The highest BCUT2D eigenvalue weighted by molar-refractivity contribution is 7.13. The summed E-state index contributed by atoms with van der Waals surface area (Å²) in [5, 5.41) is 12.6. The molecule has 21 heavy (non-hydrogen) atoms. The quantitative estimate of drug-likeness (QED) is 0.762. The molecule has 106 valence electrons. The molecule has 2 aromatic heterocycles. The molecule has 0 unspecified atom stereocenters. The highest BCUT2D eigenvalue weighted by Gasteiger charge is 2.16. The number of thiazole rings is 1. The van der Waals surface area contributed by atoms with Crippen LogP contribution in [0.2, 0.25) is 0 Å². The third-order valence-electron chi connectivity index (χ3n) is 3.14. The fourth-order valence-corrected chi connectivity index (χ4v) is 2.86. The molecule has 0 atom stereocenters. The molecule has 0 amide bonds. The molecule has 5 nitrogen and oxygen atoms in total. The third-order valence-corrected chi connectivity index (χ3v) is 4.10. The molecule has 3 aromatic rings. The second-order valence-electron chi connectivity index (χ2n) is 4.72. The zero-order valence-electron chi connectivity index (χ0n) is 11.5. The first kappa shape index (κ1) is 13.5. The largest absolute Gasteiger partial charge is 0.493 e. The van der Waals surface area contributed by atoms with Crippen molar-refractivity contribution in [2.75, 3.05) is 0 Å². The first-order valence-corrected chi connectivity index (χ1v) is 7.26. The molecular formula is C15H13N3O2S. The molecule has 0 saturated carbocycles. The van der Waals surface area contributed by atoms with Gasteiger partial charge >= 0.3 is 0 Å². The Morgan fingerprint density at radius 1 is 1.19 bits per heavy atom. The van der Waals surface area contributed by atoms with Gasteiger partial charge in [0.05, 0.1) is 0 Å². The van der Waals surface area contributed by atoms with Crippen molar-refractivity contribution in [3.05, 3.63) is 51.3 Å². The molecule has 0 spiro atoms. The Balaban J connectivity index is 2.18. The minimum atomic E-state index is -0.375. The van der Waals surface area contributed by atoms with Crippen molar-refractivity contribution in [3.8, 4) is 27.8 Å². The molecular weight excluding hydrogens is 286 g/mol. The van der Waals surface area contributed by atoms with Gasteiger partial charge in [0, 0.05) is 11.1 Å². The van der Waals surface area contributed by atoms with Crippen LogP contribution in [0.25, 0.3) is 22.0 Å². The van der Waals surface area contributed by atoms with Crippen LogP contribution >= 0.6 is 11.3 Å². The molecule has 3 rings (SSSR count). The number of nitrogens with one attached hydrogen (secondary N) is 1. The summed E-state index contributed by atoms with van der Waals surface area (Å²) in [7, 11) is 0. The maximum atomic E-state index is 12.3. The van der Waals surface area contributed by atoms with Crippen molar-refractivity contribution < 1.29 is 5.11 Å². The van der Waals surface area contributed by atoms with E-state index in [1.54, 1.807) is 6.07 Å². The van der Waals surface area contributed by atoms with Crippen molar-refractivity contribution in [1.82, 2.24) is 15.0 Å². The molecule has 0 aliphatic carbocycles. The number of aryl methyl sites for hydroxylation is 2. The SMILES string of the molecule is Cc1csc(-c2nc(O)c(-c3ccccc3C)c(=O)[nH]2)n1. The minimum Gasteiger partial charge on any atom is -0.493 e.